The third-order valence-electron chi connectivity index (χ3n) is 2.92. The second-order valence-corrected chi connectivity index (χ2v) is 5.48. The highest BCUT2D eigenvalue weighted by molar-refractivity contribution is 5.06. The van der Waals surface area contributed by atoms with E-state index in [4.69, 9.17) is 0 Å². The van der Waals surface area contributed by atoms with Gasteiger partial charge in [-0.3, -0.25) is 0 Å². The summed E-state index contributed by atoms with van der Waals surface area (Å²) in [6.45, 7) is 10.8. The third-order valence-corrected chi connectivity index (χ3v) is 2.92. The summed E-state index contributed by atoms with van der Waals surface area (Å²) in [5.41, 5.74) is 0.658. The first kappa shape index (κ1) is 14.3. The van der Waals surface area contributed by atoms with Gasteiger partial charge in [-0.2, -0.15) is 0 Å². The Morgan fingerprint density at radius 3 is 2.76 bits per heavy atom. The van der Waals surface area contributed by atoms with E-state index >= 15 is 0 Å². The van der Waals surface area contributed by atoms with E-state index in [-0.39, 0.29) is 0 Å². The van der Waals surface area contributed by atoms with E-state index < -0.39 is 5.60 Å². The first-order valence-corrected chi connectivity index (χ1v) is 6.51. The molecule has 1 rings (SSSR count). The molecule has 0 fully saturated rings. The van der Waals surface area contributed by atoms with E-state index in [2.05, 4.69) is 49.0 Å². The lowest BCUT2D eigenvalue weighted by atomic mass is 9.94. The molecule has 0 bridgehead atoms. The summed E-state index contributed by atoms with van der Waals surface area (Å²) in [4.78, 5) is 0. The van der Waals surface area contributed by atoms with Gasteiger partial charge in [0.15, 0.2) is 0 Å². The SMILES string of the molecule is CCn1cccc1CNCC(C)(O)CC(C)C. The molecule has 1 unspecified atom stereocenters. The molecular formula is C14H26N2O. The van der Waals surface area contributed by atoms with Gasteiger partial charge in [-0.1, -0.05) is 13.8 Å². The maximum Gasteiger partial charge on any atom is 0.0746 e. The number of nitrogens with zero attached hydrogens (tertiary/aromatic N) is 1. The molecule has 3 heteroatoms. The fourth-order valence-corrected chi connectivity index (χ4v) is 2.33. The molecule has 98 valence electrons. The monoisotopic (exact) mass is 238 g/mol. The summed E-state index contributed by atoms with van der Waals surface area (Å²) < 4.78 is 2.21. The highest BCUT2D eigenvalue weighted by Gasteiger charge is 2.21. The molecule has 0 aliphatic heterocycles. The number of hydrogen-bond donors (Lipinski definition) is 2. The van der Waals surface area contributed by atoms with Crippen LogP contribution in [0.15, 0.2) is 18.3 Å². The van der Waals surface area contributed by atoms with Gasteiger partial charge in [0.05, 0.1) is 5.60 Å². The quantitative estimate of drug-likeness (QED) is 0.765. The summed E-state index contributed by atoms with van der Waals surface area (Å²) in [7, 11) is 0. The molecule has 0 saturated carbocycles. The van der Waals surface area contributed by atoms with Crippen molar-refractivity contribution in [2.45, 2.75) is 52.8 Å². The lowest BCUT2D eigenvalue weighted by Crippen LogP contribution is -2.38. The van der Waals surface area contributed by atoms with E-state index in [1.807, 2.05) is 6.92 Å². The van der Waals surface area contributed by atoms with Crippen LogP contribution in [0, 0.1) is 5.92 Å². The van der Waals surface area contributed by atoms with Crippen molar-refractivity contribution >= 4 is 0 Å². The minimum absolute atomic E-state index is 0.520. The Morgan fingerprint density at radius 2 is 2.18 bits per heavy atom. The Kier molecular flexibility index (Phi) is 5.22. The molecular weight excluding hydrogens is 212 g/mol. The maximum atomic E-state index is 10.2. The second-order valence-electron chi connectivity index (χ2n) is 5.48. The first-order chi connectivity index (χ1) is 7.94. The first-order valence-electron chi connectivity index (χ1n) is 6.51. The van der Waals surface area contributed by atoms with Crippen LogP contribution >= 0.6 is 0 Å². The van der Waals surface area contributed by atoms with E-state index in [0.717, 1.165) is 19.5 Å². The molecule has 3 nitrogen and oxygen atoms in total. The van der Waals surface area contributed by atoms with Crippen LogP contribution < -0.4 is 5.32 Å². The van der Waals surface area contributed by atoms with Gasteiger partial charge in [0, 0.05) is 31.5 Å². The smallest absolute Gasteiger partial charge is 0.0746 e. The van der Waals surface area contributed by atoms with Gasteiger partial charge in [-0.15, -0.1) is 0 Å². The van der Waals surface area contributed by atoms with Crippen LogP contribution in [0.5, 0.6) is 0 Å². The van der Waals surface area contributed by atoms with Gasteiger partial charge in [0.2, 0.25) is 0 Å². The van der Waals surface area contributed by atoms with Crippen molar-refractivity contribution in [2.75, 3.05) is 6.54 Å². The highest BCUT2D eigenvalue weighted by atomic mass is 16.3. The predicted octanol–water partition coefficient (Wildman–Crippen LogP) is 2.39. The second kappa shape index (κ2) is 6.22. The van der Waals surface area contributed by atoms with E-state index in [0.29, 0.717) is 12.5 Å². The number of aliphatic hydroxyl groups is 1. The van der Waals surface area contributed by atoms with Crippen LogP contribution in [-0.2, 0) is 13.1 Å². The predicted molar refractivity (Wildman–Crippen MR) is 71.9 cm³/mol. The van der Waals surface area contributed by atoms with Gasteiger partial charge < -0.3 is 15.0 Å². The molecule has 1 aromatic rings. The normalized spacial score (nSPS) is 15.2. The topological polar surface area (TPSA) is 37.2 Å². The summed E-state index contributed by atoms with van der Waals surface area (Å²) in [5.74, 6) is 0.520. The summed E-state index contributed by atoms with van der Waals surface area (Å²) in [5, 5.41) is 13.5. The Morgan fingerprint density at radius 1 is 1.47 bits per heavy atom. The Labute approximate surface area is 105 Å². The van der Waals surface area contributed by atoms with Crippen LogP contribution in [0.3, 0.4) is 0 Å². The zero-order valence-electron chi connectivity index (χ0n) is 11.5. The summed E-state index contributed by atoms with van der Waals surface area (Å²) in [6.07, 6.45) is 2.91. The fourth-order valence-electron chi connectivity index (χ4n) is 2.33. The van der Waals surface area contributed by atoms with Gasteiger partial charge in [0.1, 0.15) is 0 Å². The number of hydrogen-bond acceptors (Lipinski definition) is 2. The zero-order chi connectivity index (χ0) is 12.9. The van der Waals surface area contributed by atoms with Crippen LogP contribution in [0.4, 0.5) is 0 Å². The number of nitrogens with one attached hydrogen (secondary N) is 1. The summed E-state index contributed by atoms with van der Waals surface area (Å²) >= 11 is 0. The molecule has 0 saturated heterocycles. The van der Waals surface area contributed by atoms with Gasteiger partial charge >= 0.3 is 0 Å². The van der Waals surface area contributed by atoms with Crippen molar-refractivity contribution in [1.82, 2.24) is 9.88 Å². The molecule has 0 radical (unpaired) electrons. The number of rotatable bonds is 7. The minimum atomic E-state index is -0.613. The highest BCUT2D eigenvalue weighted by Crippen LogP contribution is 2.15. The van der Waals surface area contributed by atoms with E-state index in [1.165, 1.54) is 5.69 Å². The minimum Gasteiger partial charge on any atom is -0.389 e. The van der Waals surface area contributed by atoms with Crippen molar-refractivity contribution in [3.05, 3.63) is 24.0 Å². The van der Waals surface area contributed by atoms with Crippen molar-refractivity contribution < 1.29 is 5.11 Å². The Balaban J connectivity index is 2.37. The Hall–Kier alpha value is -0.800. The zero-order valence-corrected chi connectivity index (χ0v) is 11.5. The van der Waals surface area contributed by atoms with E-state index in [9.17, 15) is 5.11 Å². The van der Waals surface area contributed by atoms with Crippen molar-refractivity contribution in [3.8, 4) is 0 Å². The molecule has 0 aliphatic rings. The van der Waals surface area contributed by atoms with E-state index in [1.54, 1.807) is 0 Å². The average molecular weight is 238 g/mol. The van der Waals surface area contributed by atoms with Crippen LogP contribution in [0.2, 0.25) is 0 Å². The Bertz CT molecular complexity index is 329. The molecule has 1 aromatic heterocycles. The molecule has 0 spiro atoms. The number of aromatic nitrogens is 1. The van der Waals surface area contributed by atoms with Crippen LogP contribution in [0.1, 0.15) is 39.8 Å². The lowest BCUT2D eigenvalue weighted by Gasteiger charge is -2.25. The molecule has 1 atom stereocenters. The fraction of sp³-hybridized carbons (Fsp3) is 0.714. The largest absolute Gasteiger partial charge is 0.389 e. The standard InChI is InChI=1S/C14H26N2O/c1-5-16-8-6-7-13(16)10-15-11-14(4,17)9-12(2)3/h6-8,12,15,17H,5,9-11H2,1-4H3. The van der Waals surface area contributed by atoms with Crippen LogP contribution in [-0.4, -0.2) is 21.8 Å². The average Bonchev–Trinajstić information content (AvgIpc) is 2.62. The lowest BCUT2D eigenvalue weighted by molar-refractivity contribution is 0.0382. The van der Waals surface area contributed by atoms with Gasteiger partial charge in [0.25, 0.3) is 0 Å². The maximum absolute atomic E-state index is 10.2. The van der Waals surface area contributed by atoms with Crippen molar-refractivity contribution in [1.29, 1.82) is 0 Å². The molecule has 0 aliphatic carbocycles. The molecule has 0 amide bonds. The third kappa shape index (κ3) is 4.92. The van der Waals surface area contributed by atoms with Crippen molar-refractivity contribution in [2.24, 2.45) is 5.92 Å². The molecule has 17 heavy (non-hydrogen) atoms. The molecule has 0 aromatic carbocycles. The summed E-state index contributed by atoms with van der Waals surface area (Å²) in [6, 6.07) is 4.18. The van der Waals surface area contributed by atoms with Crippen LogP contribution in [0.25, 0.3) is 0 Å². The van der Waals surface area contributed by atoms with Gasteiger partial charge in [-0.25, -0.2) is 0 Å². The number of aryl methyl sites for hydroxylation is 1. The van der Waals surface area contributed by atoms with Crippen molar-refractivity contribution in [3.63, 3.8) is 0 Å². The molecule has 1 heterocycles. The van der Waals surface area contributed by atoms with Gasteiger partial charge in [-0.05, 0) is 38.3 Å². The molecule has 2 N–H and O–H groups in total.